The highest BCUT2D eigenvalue weighted by Gasteiger charge is 2.42. The van der Waals surface area contributed by atoms with E-state index in [2.05, 4.69) is 5.10 Å². The van der Waals surface area contributed by atoms with Gasteiger partial charge in [0.1, 0.15) is 0 Å². The van der Waals surface area contributed by atoms with Crippen LogP contribution in [0.5, 0.6) is 0 Å². The Morgan fingerprint density at radius 3 is 2.61 bits per heavy atom. The summed E-state index contributed by atoms with van der Waals surface area (Å²) in [6.07, 6.45) is 4.40. The van der Waals surface area contributed by atoms with E-state index in [0.29, 0.717) is 6.42 Å². The molecule has 1 N–H and O–H groups in total. The summed E-state index contributed by atoms with van der Waals surface area (Å²) in [5.74, 6) is 0.249. The molecule has 1 aromatic heterocycles. The van der Waals surface area contributed by atoms with Crippen molar-refractivity contribution in [2.45, 2.75) is 44.6 Å². The molecule has 0 spiro atoms. The van der Waals surface area contributed by atoms with Crippen molar-refractivity contribution in [3.8, 4) is 0 Å². The third-order valence-electron chi connectivity index (χ3n) is 4.20. The van der Waals surface area contributed by atoms with E-state index in [1.165, 1.54) is 0 Å². The first-order valence-electron chi connectivity index (χ1n) is 6.45. The van der Waals surface area contributed by atoms with E-state index in [1.54, 1.807) is 4.68 Å². The third kappa shape index (κ3) is 1.74. The molecule has 100 valence electrons. The van der Waals surface area contributed by atoms with E-state index in [-0.39, 0.29) is 17.1 Å². The zero-order chi connectivity index (χ0) is 13.0. The summed E-state index contributed by atoms with van der Waals surface area (Å²) in [6, 6.07) is 0. The molecule has 2 aliphatic rings. The Kier molecular flexibility index (Phi) is 2.49. The minimum absolute atomic E-state index is 0.00991. The van der Waals surface area contributed by atoms with Crippen LogP contribution >= 0.6 is 0 Å². The molecule has 0 saturated carbocycles. The molecule has 1 atom stereocenters. The van der Waals surface area contributed by atoms with Crippen LogP contribution in [0, 0.1) is 0 Å². The highest BCUT2D eigenvalue weighted by atomic mass is 32.2. The van der Waals surface area contributed by atoms with Gasteiger partial charge in [-0.25, -0.2) is 13.1 Å². The van der Waals surface area contributed by atoms with E-state index in [9.17, 15) is 13.2 Å². The van der Waals surface area contributed by atoms with Gasteiger partial charge in [-0.1, -0.05) is 0 Å². The highest BCUT2D eigenvalue weighted by molar-refractivity contribution is 7.91. The number of aryl methyl sites for hydroxylation is 1. The number of fused-ring (bicyclic) bond motifs is 1. The van der Waals surface area contributed by atoms with Crippen LogP contribution in [0.1, 0.15) is 37.4 Å². The van der Waals surface area contributed by atoms with Crippen LogP contribution in [0.4, 0.5) is 0 Å². The predicted molar refractivity (Wildman–Crippen MR) is 68.6 cm³/mol. The molecule has 5 nitrogen and oxygen atoms in total. The molecule has 1 saturated heterocycles. The van der Waals surface area contributed by atoms with Gasteiger partial charge in [-0.05, 0) is 39.0 Å². The molecular formula is C12H18N2O3S. The van der Waals surface area contributed by atoms with Crippen LogP contribution in [0.15, 0.2) is 4.79 Å². The topological polar surface area (TPSA) is 71.9 Å². The molecule has 0 bridgehead atoms. The Morgan fingerprint density at radius 1 is 1.28 bits per heavy atom. The zero-order valence-electron chi connectivity index (χ0n) is 10.5. The van der Waals surface area contributed by atoms with Crippen molar-refractivity contribution in [2.75, 3.05) is 11.5 Å². The molecule has 1 aliphatic carbocycles. The predicted octanol–water partition coefficient (Wildman–Crippen LogP) is 0.589. The monoisotopic (exact) mass is 270 g/mol. The van der Waals surface area contributed by atoms with Crippen LogP contribution in [0.25, 0.3) is 0 Å². The van der Waals surface area contributed by atoms with Gasteiger partial charge in [0, 0.05) is 11.3 Å². The minimum atomic E-state index is -3.00. The van der Waals surface area contributed by atoms with Crippen molar-refractivity contribution in [1.29, 1.82) is 0 Å². The van der Waals surface area contributed by atoms with Crippen LogP contribution in [-0.2, 0) is 28.2 Å². The van der Waals surface area contributed by atoms with E-state index >= 15 is 0 Å². The van der Waals surface area contributed by atoms with E-state index < -0.39 is 15.4 Å². The third-order valence-corrected chi connectivity index (χ3v) is 6.09. The maximum Gasteiger partial charge on any atom is 0.270 e. The Bertz CT molecular complexity index is 641. The molecule has 0 radical (unpaired) electrons. The van der Waals surface area contributed by atoms with Crippen molar-refractivity contribution < 1.29 is 8.42 Å². The fourth-order valence-electron chi connectivity index (χ4n) is 3.14. The maximum absolute atomic E-state index is 12.4. The van der Waals surface area contributed by atoms with Crippen LogP contribution in [0.3, 0.4) is 0 Å². The average Bonchev–Trinajstić information content (AvgIpc) is 2.79. The summed E-state index contributed by atoms with van der Waals surface area (Å²) in [6.45, 7) is 1.86. The van der Waals surface area contributed by atoms with Crippen LogP contribution < -0.4 is 5.56 Å². The molecule has 1 fully saturated rings. The fourth-order valence-corrected chi connectivity index (χ4v) is 5.25. The Labute approximate surface area is 106 Å². The first kappa shape index (κ1) is 12.0. The second-order valence-corrected chi connectivity index (χ2v) is 7.94. The molecule has 3 rings (SSSR count). The van der Waals surface area contributed by atoms with E-state index in [4.69, 9.17) is 0 Å². The molecule has 1 unspecified atom stereocenters. The molecule has 6 heteroatoms. The number of nitrogens with one attached hydrogen (secondary N) is 1. The SMILES string of the molecule is CC1(n2[nH]c3c(c2=O)CCCC3)CCS(=O)(=O)C1. The summed E-state index contributed by atoms with van der Waals surface area (Å²) in [4.78, 5) is 12.4. The van der Waals surface area contributed by atoms with Gasteiger partial charge in [0.15, 0.2) is 9.84 Å². The van der Waals surface area contributed by atoms with Gasteiger partial charge in [-0.3, -0.25) is 9.89 Å². The summed E-state index contributed by atoms with van der Waals surface area (Å²) < 4.78 is 24.9. The number of hydrogen-bond donors (Lipinski definition) is 1. The number of sulfone groups is 1. The van der Waals surface area contributed by atoms with Crippen LogP contribution in [0.2, 0.25) is 0 Å². The number of hydrogen-bond acceptors (Lipinski definition) is 3. The molecular weight excluding hydrogens is 252 g/mol. The largest absolute Gasteiger partial charge is 0.299 e. The van der Waals surface area contributed by atoms with Gasteiger partial charge in [-0.2, -0.15) is 0 Å². The summed E-state index contributed by atoms with van der Waals surface area (Å²) in [5, 5.41) is 3.16. The number of nitrogens with zero attached hydrogens (tertiary/aromatic N) is 1. The Hall–Kier alpha value is -1.04. The normalized spacial score (nSPS) is 30.3. The van der Waals surface area contributed by atoms with Gasteiger partial charge in [-0.15, -0.1) is 0 Å². The number of rotatable bonds is 1. The lowest BCUT2D eigenvalue weighted by atomic mass is 9.98. The number of aromatic nitrogens is 2. The summed E-state index contributed by atoms with van der Waals surface area (Å²) in [5.41, 5.74) is 1.28. The molecule has 2 heterocycles. The van der Waals surface area contributed by atoms with Gasteiger partial charge < -0.3 is 0 Å². The van der Waals surface area contributed by atoms with Gasteiger partial charge in [0.05, 0.1) is 17.0 Å². The molecule has 1 aliphatic heterocycles. The quantitative estimate of drug-likeness (QED) is 0.811. The lowest BCUT2D eigenvalue weighted by Gasteiger charge is -2.22. The Morgan fingerprint density at radius 2 is 2.00 bits per heavy atom. The Balaban J connectivity index is 2.08. The lowest BCUT2D eigenvalue weighted by Crippen LogP contribution is -2.39. The molecule has 18 heavy (non-hydrogen) atoms. The maximum atomic E-state index is 12.4. The molecule has 0 aromatic carbocycles. The first-order valence-corrected chi connectivity index (χ1v) is 8.27. The zero-order valence-corrected chi connectivity index (χ0v) is 11.3. The molecule has 0 amide bonds. The minimum Gasteiger partial charge on any atom is -0.299 e. The van der Waals surface area contributed by atoms with Crippen molar-refractivity contribution in [2.24, 2.45) is 0 Å². The average molecular weight is 270 g/mol. The van der Waals surface area contributed by atoms with E-state index in [1.807, 2.05) is 6.92 Å². The first-order chi connectivity index (χ1) is 8.41. The number of aromatic amines is 1. The van der Waals surface area contributed by atoms with Gasteiger partial charge >= 0.3 is 0 Å². The number of H-pyrrole nitrogens is 1. The smallest absolute Gasteiger partial charge is 0.270 e. The van der Waals surface area contributed by atoms with Gasteiger partial charge in [0.2, 0.25) is 0 Å². The fraction of sp³-hybridized carbons (Fsp3) is 0.750. The standard InChI is InChI=1S/C12H18N2O3S/c1-12(6-7-18(16,17)8-12)14-11(15)9-4-2-3-5-10(9)13-14/h13H,2-8H2,1H3. The van der Waals surface area contributed by atoms with Crippen molar-refractivity contribution in [1.82, 2.24) is 9.78 Å². The highest BCUT2D eigenvalue weighted by Crippen LogP contribution is 2.30. The van der Waals surface area contributed by atoms with E-state index in [0.717, 1.165) is 36.9 Å². The van der Waals surface area contributed by atoms with Crippen molar-refractivity contribution in [3.05, 3.63) is 21.6 Å². The summed E-state index contributed by atoms with van der Waals surface area (Å²) >= 11 is 0. The summed E-state index contributed by atoms with van der Waals surface area (Å²) in [7, 11) is -3.00. The second kappa shape index (κ2) is 3.73. The van der Waals surface area contributed by atoms with Crippen molar-refractivity contribution in [3.63, 3.8) is 0 Å². The van der Waals surface area contributed by atoms with Crippen molar-refractivity contribution >= 4 is 9.84 Å². The van der Waals surface area contributed by atoms with Crippen LogP contribution in [-0.4, -0.2) is 29.7 Å². The lowest BCUT2D eigenvalue weighted by molar-refractivity contribution is 0.317. The molecule has 1 aromatic rings. The second-order valence-electron chi connectivity index (χ2n) is 5.76. The van der Waals surface area contributed by atoms with Gasteiger partial charge in [0.25, 0.3) is 5.56 Å².